The molecule has 26 heavy (non-hydrogen) atoms. The maximum atomic E-state index is 5.43. The van der Waals surface area contributed by atoms with Gasteiger partial charge in [0.2, 0.25) is 0 Å². The summed E-state index contributed by atoms with van der Waals surface area (Å²) in [5, 5.41) is 6.72. The Morgan fingerprint density at radius 1 is 1.08 bits per heavy atom. The fourth-order valence-electron chi connectivity index (χ4n) is 2.74. The first-order valence-corrected chi connectivity index (χ1v) is 8.61. The molecule has 0 aliphatic carbocycles. The van der Waals surface area contributed by atoms with Crippen LogP contribution in [0.1, 0.15) is 22.3 Å². The van der Waals surface area contributed by atoms with Crippen LogP contribution in [0.15, 0.2) is 41.7 Å². The number of aliphatic imine (C=N–C) groups is 1. The first kappa shape index (κ1) is 22.2. The number of hydrogen-bond donors (Lipinski definition) is 2. The summed E-state index contributed by atoms with van der Waals surface area (Å²) >= 11 is 0. The van der Waals surface area contributed by atoms with Crippen LogP contribution in [0.2, 0.25) is 0 Å². The Kier molecular flexibility index (Phi) is 10.0. The van der Waals surface area contributed by atoms with Gasteiger partial charge in [-0.1, -0.05) is 17.7 Å². The highest BCUT2D eigenvalue weighted by molar-refractivity contribution is 14.0. The van der Waals surface area contributed by atoms with E-state index in [1.54, 1.807) is 14.2 Å². The summed E-state index contributed by atoms with van der Waals surface area (Å²) in [7, 11) is 3.50. The SMILES string of the molecule is CN=C(NCCc1ccncc1C)NCCc1cc(C)ccc1OC.I. The molecule has 0 spiro atoms. The summed E-state index contributed by atoms with van der Waals surface area (Å²) in [6.07, 6.45) is 5.57. The Morgan fingerprint density at radius 2 is 1.77 bits per heavy atom. The Bertz CT molecular complexity index is 719. The van der Waals surface area contributed by atoms with Gasteiger partial charge in [-0.2, -0.15) is 0 Å². The molecule has 1 aromatic carbocycles. The minimum absolute atomic E-state index is 0. The summed E-state index contributed by atoms with van der Waals surface area (Å²) in [5.41, 5.74) is 4.98. The number of pyridine rings is 1. The van der Waals surface area contributed by atoms with E-state index in [1.165, 1.54) is 22.3 Å². The third kappa shape index (κ3) is 6.82. The molecule has 0 radical (unpaired) electrons. The highest BCUT2D eigenvalue weighted by atomic mass is 127. The highest BCUT2D eigenvalue weighted by Crippen LogP contribution is 2.19. The fourth-order valence-corrected chi connectivity index (χ4v) is 2.74. The third-order valence-electron chi connectivity index (χ3n) is 4.17. The third-order valence-corrected chi connectivity index (χ3v) is 4.17. The molecule has 0 saturated carbocycles. The number of hydrogen-bond acceptors (Lipinski definition) is 3. The van der Waals surface area contributed by atoms with Crippen molar-refractivity contribution >= 4 is 29.9 Å². The van der Waals surface area contributed by atoms with E-state index in [9.17, 15) is 0 Å². The normalized spacial score (nSPS) is 10.8. The molecule has 0 atom stereocenters. The highest BCUT2D eigenvalue weighted by Gasteiger charge is 2.04. The Labute approximate surface area is 173 Å². The molecule has 0 unspecified atom stereocenters. The van der Waals surface area contributed by atoms with Gasteiger partial charge in [-0.25, -0.2) is 0 Å². The average molecular weight is 468 g/mol. The van der Waals surface area contributed by atoms with Gasteiger partial charge in [-0.05, 0) is 55.5 Å². The molecule has 0 aliphatic heterocycles. The Morgan fingerprint density at radius 3 is 2.38 bits per heavy atom. The molecular weight excluding hydrogens is 439 g/mol. The Hall–Kier alpha value is -1.83. The van der Waals surface area contributed by atoms with Gasteiger partial charge in [0.15, 0.2) is 5.96 Å². The number of nitrogens with zero attached hydrogens (tertiary/aromatic N) is 2. The van der Waals surface area contributed by atoms with Crippen LogP contribution in [0.5, 0.6) is 5.75 Å². The van der Waals surface area contributed by atoms with Gasteiger partial charge in [-0.15, -0.1) is 24.0 Å². The van der Waals surface area contributed by atoms with Gasteiger partial charge in [0, 0.05) is 32.5 Å². The molecule has 6 heteroatoms. The first-order chi connectivity index (χ1) is 12.1. The minimum Gasteiger partial charge on any atom is -0.496 e. The molecule has 142 valence electrons. The van der Waals surface area contributed by atoms with Crippen molar-refractivity contribution < 1.29 is 4.74 Å². The molecule has 0 aliphatic rings. The van der Waals surface area contributed by atoms with Crippen LogP contribution in [0.25, 0.3) is 0 Å². The van der Waals surface area contributed by atoms with Gasteiger partial charge in [0.25, 0.3) is 0 Å². The van der Waals surface area contributed by atoms with Crippen molar-refractivity contribution in [1.29, 1.82) is 0 Å². The maximum Gasteiger partial charge on any atom is 0.190 e. The number of aromatic nitrogens is 1. The van der Waals surface area contributed by atoms with Crippen LogP contribution < -0.4 is 15.4 Å². The second kappa shape index (κ2) is 11.7. The number of halogens is 1. The zero-order chi connectivity index (χ0) is 18.1. The molecule has 1 aromatic heterocycles. The van der Waals surface area contributed by atoms with Crippen LogP contribution in [0.3, 0.4) is 0 Å². The number of rotatable bonds is 7. The zero-order valence-electron chi connectivity index (χ0n) is 16.0. The van der Waals surface area contributed by atoms with E-state index in [4.69, 9.17) is 4.74 Å². The number of guanidine groups is 1. The molecule has 0 amide bonds. The van der Waals surface area contributed by atoms with Crippen molar-refractivity contribution in [3.63, 3.8) is 0 Å². The van der Waals surface area contributed by atoms with Crippen LogP contribution in [-0.4, -0.2) is 38.2 Å². The molecular formula is C20H29IN4O. The lowest BCUT2D eigenvalue weighted by Gasteiger charge is -2.14. The van der Waals surface area contributed by atoms with Crippen molar-refractivity contribution in [3.8, 4) is 5.75 Å². The molecule has 2 N–H and O–H groups in total. The second-order valence-corrected chi connectivity index (χ2v) is 6.04. The number of methoxy groups -OCH3 is 1. The number of nitrogens with one attached hydrogen (secondary N) is 2. The fraction of sp³-hybridized carbons (Fsp3) is 0.400. The van der Waals surface area contributed by atoms with Gasteiger partial charge >= 0.3 is 0 Å². The predicted molar refractivity (Wildman–Crippen MR) is 119 cm³/mol. The molecule has 0 fully saturated rings. The lowest BCUT2D eigenvalue weighted by Crippen LogP contribution is -2.39. The van der Waals surface area contributed by atoms with Crippen molar-refractivity contribution in [2.75, 3.05) is 27.2 Å². The summed E-state index contributed by atoms with van der Waals surface area (Å²) < 4.78 is 5.43. The molecule has 1 heterocycles. The Balaban J connectivity index is 0.00000338. The van der Waals surface area contributed by atoms with Crippen LogP contribution in [0.4, 0.5) is 0 Å². The quantitative estimate of drug-likeness (QED) is 0.372. The zero-order valence-corrected chi connectivity index (χ0v) is 18.3. The molecule has 0 bridgehead atoms. The van der Waals surface area contributed by atoms with Gasteiger partial charge in [0.05, 0.1) is 7.11 Å². The molecule has 5 nitrogen and oxygen atoms in total. The molecule has 2 aromatic rings. The topological polar surface area (TPSA) is 58.5 Å². The summed E-state index contributed by atoms with van der Waals surface area (Å²) in [6, 6.07) is 8.33. The largest absolute Gasteiger partial charge is 0.496 e. The van der Waals surface area contributed by atoms with Crippen molar-refractivity contribution in [3.05, 3.63) is 58.9 Å². The van der Waals surface area contributed by atoms with E-state index in [1.807, 2.05) is 18.5 Å². The van der Waals surface area contributed by atoms with Crippen molar-refractivity contribution in [2.45, 2.75) is 26.7 Å². The average Bonchev–Trinajstić information content (AvgIpc) is 2.62. The van der Waals surface area contributed by atoms with Crippen molar-refractivity contribution in [2.24, 2.45) is 4.99 Å². The van der Waals surface area contributed by atoms with E-state index in [0.29, 0.717) is 0 Å². The second-order valence-electron chi connectivity index (χ2n) is 6.04. The van der Waals surface area contributed by atoms with Crippen LogP contribution >= 0.6 is 24.0 Å². The van der Waals surface area contributed by atoms with Crippen LogP contribution in [0, 0.1) is 13.8 Å². The predicted octanol–water partition coefficient (Wildman–Crippen LogP) is 3.28. The van der Waals surface area contributed by atoms with Gasteiger partial charge in [-0.3, -0.25) is 9.98 Å². The van der Waals surface area contributed by atoms with E-state index in [2.05, 4.69) is 52.7 Å². The lowest BCUT2D eigenvalue weighted by molar-refractivity contribution is 0.409. The van der Waals surface area contributed by atoms with E-state index in [0.717, 1.165) is 37.6 Å². The summed E-state index contributed by atoms with van der Waals surface area (Å²) in [6.45, 7) is 5.81. The van der Waals surface area contributed by atoms with E-state index < -0.39 is 0 Å². The summed E-state index contributed by atoms with van der Waals surface area (Å²) in [4.78, 5) is 8.41. The monoisotopic (exact) mass is 468 g/mol. The van der Waals surface area contributed by atoms with Crippen molar-refractivity contribution in [1.82, 2.24) is 15.6 Å². The number of aryl methyl sites for hydroxylation is 2. The van der Waals surface area contributed by atoms with Gasteiger partial charge in [0.1, 0.15) is 5.75 Å². The van der Waals surface area contributed by atoms with E-state index in [-0.39, 0.29) is 24.0 Å². The standard InChI is InChI=1S/C20H28N4O.HI/c1-15-5-6-19(25-4)18(13-15)9-12-24-20(21-3)23-11-8-17-7-10-22-14-16(17)2;/h5-7,10,13-14H,8-9,11-12H2,1-4H3,(H2,21,23,24);1H. The first-order valence-electron chi connectivity index (χ1n) is 8.61. The van der Waals surface area contributed by atoms with E-state index >= 15 is 0 Å². The number of ether oxygens (including phenoxy) is 1. The minimum atomic E-state index is 0. The van der Waals surface area contributed by atoms with Gasteiger partial charge < -0.3 is 15.4 Å². The number of benzene rings is 1. The summed E-state index contributed by atoms with van der Waals surface area (Å²) in [5.74, 6) is 1.75. The molecule has 0 saturated heterocycles. The maximum absolute atomic E-state index is 5.43. The molecule has 2 rings (SSSR count). The smallest absolute Gasteiger partial charge is 0.190 e. The lowest BCUT2D eigenvalue weighted by atomic mass is 10.1. The van der Waals surface area contributed by atoms with Crippen LogP contribution in [-0.2, 0) is 12.8 Å².